The van der Waals surface area contributed by atoms with E-state index in [4.69, 9.17) is 15.2 Å². The van der Waals surface area contributed by atoms with Crippen LogP contribution in [0, 0.1) is 17.8 Å². The molecule has 2 bridgehead atoms. The standard InChI is InChI=1S/C15H21NO2/c1-17-13-4-5-15(14(16)8-13)18-9-12-7-10-2-3-11(12)6-10/h4-5,8,10-12H,2-3,6-7,9,16H2,1H3. The molecule has 18 heavy (non-hydrogen) atoms. The van der Waals surface area contributed by atoms with E-state index < -0.39 is 0 Å². The Kier molecular flexibility index (Phi) is 3.06. The van der Waals surface area contributed by atoms with Crippen LogP contribution in [0.25, 0.3) is 0 Å². The highest BCUT2D eigenvalue weighted by Gasteiger charge is 2.39. The summed E-state index contributed by atoms with van der Waals surface area (Å²) < 4.78 is 11.0. The van der Waals surface area contributed by atoms with Crippen molar-refractivity contribution in [2.24, 2.45) is 17.8 Å². The van der Waals surface area contributed by atoms with Crippen molar-refractivity contribution in [3.05, 3.63) is 18.2 Å². The minimum atomic E-state index is 0.664. The summed E-state index contributed by atoms with van der Waals surface area (Å²) in [6, 6.07) is 5.62. The molecule has 2 fully saturated rings. The lowest BCUT2D eigenvalue weighted by Gasteiger charge is -2.22. The van der Waals surface area contributed by atoms with Crippen LogP contribution < -0.4 is 15.2 Å². The van der Waals surface area contributed by atoms with Crippen molar-refractivity contribution < 1.29 is 9.47 Å². The zero-order valence-electron chi connectivity index (χ0n) is 10.9. The normalized spacial score (nSPS) is 29.5. The second-order valence-corrected chi connectivity index (χ2v) is 5.65. The predicted octanol–water partition coefficient (Wildman–Crippen LogP) is 3.09. The number of benzene rings is 1. The molecule has 1 aromatic rings. The van der Waals surface area contributed by atoms with E-state index in [2.05, 4.69) is 0 Å². The molecule has 3 unspecified atom stereocenters. The van der Waals surface area contributed by atoms with Gasteiger partial charge < -0.3 is 15.2 Å². The SMILES string of the molecule is COc1ccc(OCC2CC3CCC2C3)c(N)c1. The van der Waals surface area contributed by atoms with E-state index >= 15 is 0 Å². The quantitative estimate of drug-likeness (QED) is 0.831. The average Bonchev–Trinajstić information content (AvgIpc) is 2.99. The van der Waals surface area contributed by atoms with Crippen LogP contribution in [0.5, 0.6) is 11.5 Å². The van der Waals surface area contributed by atoms with E-state index in [0.29, 0.717) is 5.69 Å². The third-order valence-electron chi connectivity index (χ3n) is 4.55. The molecule has 0 aromatic heterocycles. The fourth-order valence-electron chi connectivity index (χ4n) is 3.56. The van der Waals surface area contributed by atoms with Gasteiger partial charge in [0.1, 0.15) is 11.5 Å². The summed E-state index contributed by atoms with van der Waals surface area (Å²) >= 11 is 0. The van der Waals surface area contributed by atoms with Crippen LogP contribution in [0.4, 0.5) is 5.69 Å². The maximum Gasteiger partial charge on any atom is 0.142 e. The van der Waals surface area contributed by atoms with Crippen LogP contribution >= 0.6 is 0 Å². The number of fused-ring (bicyclic) bond motifs is 2. The van der Waals surface area contributed by atoms with Crippen LogP contribution in [0.1, 0.15) is 25.7 Å². The Labute approximate surface area is 108 Å². The largest absolute Gasteiger partial charge is 0.497 e. The molecule has 2 saturated carbocycles. The number of methoxy groups -OCH3 is 1. The fourth-order valence-corrected chi connectivity index (χ4v) is 3.56. The Morgan fingerprint density at radius 1 is 1.28 bits per heavy atom. The first kappa shape index (κ1) is 11.7. The molecule has 2 aliphatic carbocycles. The monoisotopic (exact) mass is 247 g/mol. The molecule has 2 aliphatic rings. The van der Waals surface area contributed by atoms with Gasteiger partial charge in [-0.15, -0.1) is 0 Å². The number of rotatable bonds is 4. The minimum Gasteiger partial charge on any atom is -0.497 e. The molecular weight excluding hydrogens is 226 g/mol. The molecule has 3 nitrogen and oxygen atoms in total. The molecule has 0 amide bonds. The maximum absolute atomic E-state index is 5.95. The molecule has 0 aliphatic heterocycles. The number of nitrogen functional groups attached to an aromatic ring is 1. The minimum absolute atomic E-state index is 0.664. The van der Waals surface area contributed by atoms with Gasteiger partial charge in [0.15, 0.2) is 0 Å². The molecule has 0 heterocycles. The number of hydrogen-bond donors (Lipinski definition) is 1. The predicted molar refractivity (Wildman–Crippen MR) is 71.8 cm³/mol. The second kappa shape index (κ2) is 4.71. The molecule has 3 rings (SSSR count). The van der Waals surface area contributed by atoms with Gasteiger partial charge in [-0.3, -0.25) is 0 Å². The molecule has 1 aromatic carbocycles. The van der Waals surface area contributed by atoms with E-state index in [1.165, 1.54) is 25.7 Å². The Hall–Kier alpha value is -1.38. The number of hydrogen-bond acceptors (Lipinski definition) is 3. The van der Waals surface area contributed by atoms with Gasteiger partial charge in [-0.05, 0) is 49.1 Å². The Morgan fingerprint density at radius 2 is 2.17 bits per heavy atom. The van der Waals surface area contributed by atoms with Crippen LogP contribution in [0.3, 0.4) is 0 Å². The van der Waals surface area contributed by atoms with Gasteiger partial charge >= 0.3 is 0 Å². The van der Waals surface area contributed by atoms with Crippen LogP contribution in [-0.4, -0.2) is 13.7 Å². The van der Waals surface area contributed by atoms with E-state index in [-0.39, 0.29) is 0 Å². The summed E-state index contributed by atoms with van der Waals surface area (Å²) in [6.07, 6.45) is 5.61. The summed E-state index contributed by atoms with van der Waals surface area (Å²) in [7, 11) is 1.64. The van der Waals surface area contributed by atoms with Gasteiger partial charge in [0, 0.05) is 6.07 Å². The van der Waals surface area contributed by atoms with Crippen molar-refractivity contribution in [3.8, 4) is 11.5 Å². The van der Waals surface area contributed by atoms with Crippen molar-refractivity contribution in [2.45, 2.75) is 25.7 Å². The Balaban J connectivity index is 1.60. The first-order chi connectivity index (χ1) is 8.76. The van der Waals surface area contributed by atoms with Gasteiger partial charge in [-0.1, -0.05) is 6.42 Å². The zero-order valence-corrected chi connectivity index (χ0v) is 10.9. The van der Waals surface area contributed by atoms with E-state index in [9.17, 15) is 0 Å². The van der Waals surface area contributed by atoms with Gasteiger partial charge in [0.2, 0.25) is 0 Å². The topological polar surface area (TPSA) is 44.5 Å². The lowest BCUT2D eigenvalue weighted by molar-refractivity contribution is 0.196. The van der Waals surface area contributed by atoms with Gasteiger partial charge in [-0.25, -0.2) is 0 Å². The van der Waals surface area contributed by atoms with Crippen molar-refractivity contribution in [3.63, 3.8) is 0 Å². The number of ether oxygens (including phenoxy) is 2. The fraction of sp³-hybridized carbons (Fsp3) is 0.600. The van der Waals surface area contributed by atoms with E-state index in [1.54, 1.807) is 7.11 Å². The Bertz CT molecular complexity index is 433. The highest BCUT2D eigenvalue weighted by atomic mass is 16.5. The molecular formula is C15H21NO2. The van der Waals surface area contributed by atoms with E-state index in [1.807, 2.05) is 18.2 Å². The lowest BCUT2D eigenvalue weighted by Crippen LogP contribution is -2.18. The number of anilines is 1. The highest BCUT2D eigenvalue weighted by molar-refractivity contribution is 5.56. The summed E-state index contributed by atoms with van der Waals surface area (Å²) in [5.41, 5.74) is 6.62. The lowest BCUT2D eigenvalue weighted by atomic mass is 9.89. The van der Waals surface area contributed by atoms with Crippen LogP contribution in [0.15, 0.2) is 18.2 Å². The summed E-state index contributed by atoms with van der Waals surface area (Å²) in [6.45, 7) is 0.817. The Morgan fingerprint density at radius 3 is 2.78 bits per heavy atom. The molecule has 98 valence electrons. The molecule has 0 saturated heterocycles. The third kappa shape index (κ3) is 2.14. The van der Waals surface area contributed by atoms with Crippen molar-refractivity contribution in [1.82, 2.24) is 0 Å². The third-order valence-corrected chi connectivity index (χ3v) is 4.55. The first-order valence-electron chi connectivity index (χ1n) is 6.82. The molecule has 0 spiro atoms. The molecule has 2 N–H and O–H groups in total. The van der Waals surface area contributed by atoms with Gasteiger partial charge in [0.25, 0.3) is 0 Å². The van der Waals surface area contributed by atoms with E-state index in [0.717, 1.165) is 35.9 Å². The molecule has 3 atom stereocenters. The summed E-state index contributed by atoms with van der Waals surface area (Å²) in [5, 5.41) is 0. The number of nitrogens with two attached hydrogens (primary N) is 1. The first-order valence-corrected chi connectivity index (χ1v) is 6.82. The van der Waals surface area contributed by atoms with Gasteiger partial charge in [-0.2, -0.15) is 0 Å². The van der Waals surface area contributed by atoms with Gasteiger partial charge in [0.05, 0.1) is 19.4 Å². The summed E-state index contributed by atoms with van der Waals surface area (Å²) in [5.74, 6) is 4.18. The molecule has 0 radical (unpaired) electrons. The van der Waals surface area contributed by atoms with Crippen molar-refractivity contribution >= 4 is 5.69 Å². The zero-order chi connectivity index (χ0) is 12.5. The smallest absolute Gasteiger partial charge is 0.142 e. The van der Waals surface area contributed by atoms with Crippen LogP contribution in [0.2, 0.25) is 0 Å². The molecule has 3 heteroatoms. The maximum atomic E-state index is 5.95. The highest BCUT2D eigenvalue weighted by Crippen LogP contribution is 2.48. The van der Waals surface area contributed by atoms with Crippen molar-refractivity contribution in [2.75, 3.05) is 19.5 Å². The van der Waals surface area contributed by atoms with Crippen LogP contribution in [-0.2, 0) is 0 Å². The van der Waals surface area contributed by atoms with Crippen molar-refractivity contribution in [1.29, 1.82) is 0 Å². The second-order valence-electron chi connectivity index (χ2n) is 5.65. The summed E-state index contributed by atoms with van der Waals surface area (Å²) in [4.78, 5) is 0. The average molecular weight is 247 g/mol.